The highest BCUT2D eigenvalue weighted by Crippen LogP contribution is 2.51. The summed E-state index contributed by atoms with van der Waals surface area (Å²) in [5.74, 6) is -2.83. The number of methoxy groups -OCH3 is 1. The van der Waals surface area contributed by atoms with E-state index in [0.717, 1.165) is 18.9 Å². The molecule has 3 heterocycles. The van der Waals surface area contributed by atoms with Crippen molar-refractivity contribution < 1.29 is 41.7 Å². The topological polar surface area (TPSA) is 142 Å². The Hall–Kier alpha value is -4.43. The number of carbonyl (C=O) groups is 2. The van der Waals surface area contributed by atoms with Crippen LogP contribution in [0.15, 0.2) is 42.6 Å². The van der Waals surface area contributed by atoms with Gasteiger partial charge in [0.05, 0.1) is 24.9 Å². The number of alkyl halides is 4. The van der Waals surface area contributed by atoms with Gasteiger partial charge in [-0.05, 0) is 74.9 Å². The van der Waals surface area contributed by atoms with Crippen LogP contribution in [0.5, 0.6) is 11.5 Å². The highest BCUT2D eigenvalue weighted by Gasteiger charge is 2.50. The molecule has 48 heavy (non-hydrogen) atoms. The van der Waals surface area contributed by atoms with Gasteiger partial charge in [-0.15, -0.1) is 0 Å². The van der Waals surface area contributed by atoms with Gasteiger partial charge < -0.3 is 25.6 Å². The molecule has 2 fully saturated rings. The summed E-state index contributed by atoms with van der Waals surface area (Å²) in [6.45, 7) is 0.949. The molecule has 0 radical (unpaired) electrons. The second-order valence-electron chi connectivity index (χ2n) is 12.9. The van der Waals surface area contributed by atoms with Crippen LogP contribution in [0.2, 0.25) is 0 Å². The van der Waals surface area contributed by atoms with E-state index in [9.17, 15) is 32.3 Å². The Kier molecular flexibility index (Phi) is 7.22. The van der Waals surface area contributed by atoms with Crippen LogP contribution >= 0.6 is 11.6 Å². The van der Waals surface area contributed by atoms with E-state index in [1.807, 2.05) is 0 Å². The number of aromatic nitrogens is 3. The van der Waals surface area contributed by atoms with Gasteiger partial charge in [0.15, 0.2) is 0 Å². The molecule has 3 aliphatic rings. The standard InChI is InChI=1S/C33H30ClF4N5O5/c1-30(29(39)45)15-48-27-21(30)12-24(41-26(27)16-3-6-22(35)20(10-16)33(36,37)38)32(46,19-4-5-19)14-40-28(44)17-9-18-13-43(31(34)7-8-31)42-25(18)23(11-17)47-2/h3,6,9-13,19,46H,4-5,7-8,14-15H2,1-2H3,(H2,39,45)(H,40,44)/t30-,32?/m0/s1. The number of pyridine rings is 1. The Morgan fingerprint density at radius 1 is 1.21 bits per heavy atom. The van der Waals surface area contributed by atoms with Gasteiger partial charge in [0.1, 0.15) is 51.1 Å². The number of aliphatic hydroxyl groups is 1. The number of carbonyl (C=O) groups excluding carboxylic acids is 2. The lowest BCUT2D eigenvalue weighted by molar-refractivity contribution is -0.140. The highest BCUT2D eigenvalue weighted by atomic mass is 35.5. The Labute approximate surface area is 276 Å². The normalized spacial score (nSPS) is 20.9. The molecule has 2 saturated carbocycles. The predicted octanol–water partition coefficient (Wildman–Crippen LogP) is 5.11. The van der Waals surface area contributed by atoms with E-state index < -0.39 is 45.4 Å². The first-order chi connectivity index (χ1) is 22.6. The summed E-state index contributed by atoms with van der Waals surface area (Å²) in [7, 11) is 1.45. The third-order valence-electron chi connectivity index (χ3n) is 9.51. The number of halogens is 5. The summed E-state index contributed by atoms with van der Waals surface area (Å²) in [4.78, 5) is 30.1. The SMILES string of the molecule is COc1cc(C(=O)NCC(O)(c2cc3c(c(-c4ccc(F)c(C(F)(F)F)c4)n2)OC[C@]3(C)C(N)=O)C2CC2)cc2cn(C3(Cl)CC3)nc12. The fourth-order valence-corrected chi connectivity index (χ4v) is 6.33. The van der Waals surface area contributed by atoms with Crippen LogP contribution < -0.4 is 20.5 Å². The summed E-state index contributed by atoms with van der Waals surface area (Å²) >= 11 is 6.53. The van der Waals surface area contributed by atoms with Crippen LogP contribution in [0.3, 0.4) is 0 Å². The van der Waals surface area contributed by atoms with Crippen molar-refractivity contribution in [1.82, 2.24) is 20.1 Å². The molecule has 0 bridgehead atoms. The van der Waals surface area contributed by atoms with Gasteiger partial charge in [-0.1, -0.05) is 11.6 Å². The number of nitrogens with two attached hydrogens (primary N) is 1. The zero-order valence-electron chi connectivity index (χ0n) is 25.8. The number of nitrogens with zero attached hydrogens (tertiary/aromatic N) is 3. The summed E-state index contributed by atoms with van der Waals surface area (Å²) in [6.07, 6.45) is -0.619. The minimum atomic E-state index is -5.00. The average Bonchev–Trinajstić information content (AvgIpc) is 3.96. The van der Waals surface area contributed by atoms with Crippen LogP contribution in [0.1, 0.15) is 59.8 Å². The third kappa shape index (κ3) is 5.21. The van der Waals surface area contributed by atoms with Crippen LogP contribution in [0.25, 0.3) is 22.2 Å². The summed E-state index contributed by atoms with van der Waals surface area (Å²) in [5, 5.41) is 20.1. The largest absolute Gasteiger partial charge is 0.494 e. The quantitative estimate of drug-likeness (QED) is 0.164. The van der Waals surface area contributed by atoms with Gasteiger partial charge in [0, 0.05) is 28.3 Å². The fraction of sp³-hybridized carbons (Fsp3) is 0.394. The number of rotatable bonds is 9. The zero-order valence-corrected chi connectivity index (χ0v) is 26.5. The Morgan fingerprint density at radius 3 is 2.56 bits per heavy atom. The van der Waals surface area contributed by atoms with Crippen molar-refractivity contribution in [3.63, 3.8) is 0 Å². The van der Waals surface area contributed by atoms with Gasteiger partial charge in [0.25, 0.3) is 5.91 Å². The van der Waals surface area contributed by atoms with Crippen molar-refractivity contribution in [2.45, 2.75) is 54.8 Å². The van der Waals surface area contributed by atoms with E-state index >= 15 is 0 Å². The van der Waals surface area contributed by atoms with Gasteiger partial charge in [-0.2, -0.15) is 18.3 Å². The van der Waals surface area contributed by atoms with Crippen molar-refractivity contribution >= 4 is 34.3 Å². The summed E-state index contributed by atoms with van der Waals surface area (Å²) in [6, 6.07) is 6.97. The maximum absolute atomic E-state index is 14.2. The number of amides is 2. The van der Waals surface area contributed by atoms with Gasteiger partial charge in [0.2, 0.25) is 5.91 Å². The average molecular weight is 688 g/mol. The Bertz CT molecular complexity index is 2010. The first kappa shape index (κ1) is 32.1. The van der Waals surface area contributed by atoms with Crippen molar-refractivity contribution in [3.8, 4) is 22.8 Å². The molecule has 10 nitrogen and oxygen atoms in total. The number of benzene rings is 2. The van der Waals surface area contributed by atoms with E-state index in [0.29, 0.717) is 41.6 Å². The van der Waals surface area contributed by atoms with Crippen LogP contribution in [-0.2, 0) is 27.0 Å². The second kappa shape index (κ2) is 10.8. The molecule has 7 rings (SSSR count). The second-order valence-corrected chi connectivity index (χ2v) is 13.6. The molecule has 15 heteroatoms. The van der Waals surface area contributed by atoms with Crippen LogP contribution in [0.4, 0.5) is 17.6 Å². The van der Waals surface area contributed by atoms with Crippen LogP contribution in [0, 0.1) is 11.7 Å². The van der Waals surface area contributed by atoms with E-state index in [4.69, 9.17) is 26.8 Å². The fourth-order valence-electron chi connectivity index (χ4n) is 6.14. The molecule has 2 atom stereocenters. The van der Waals surface area contributed by atoms with Crippen molar-refractivity contribution in [2.24, 2.45) is 11.7 Å². The molecular formula is C33H30ClF4N5O5. The molecule has 4 N–H and O–H groups in total. The van der Waals surface area contributed by atoms with Crippen molar-refractivity contribution in [3.05, 3.63) is 70.8 Å². The summed E-state index contributed by atoms with van der Waals surface area (Å²) < 4.78 is 68.2. The first-order valence-electron chi connectivity index (χ1n) is 15.2. The van der Waals surface area contributed by atoms with Gasteiger partial charge >= 0.3 is 6.18 Å². The van der Waals surface area contributed by atoms with E-state index in [1.54, 1.807) is 16.9 Å². The number of fused-ring (bicyclic) bond motifs is 2. The third-order valence-corrected chi connectivity index (χ3v) is 10.1. The molecule has 2 aliphatic carbocycles. The maximum Gasteiger partial charge on any atom is 0.419 e. The van der Waals surface area contributed by atoms with Crippen molar-refractivity contribution in [2.75, 3.05) is 20.3 Å². The summed E-state index contributed by atoms with van der Waals surface area (Å²) in [5.41, 5.74) is 1.65. The minimum absolute atomic E-state index is 0.00664. The zero-order chi connectivity index (χ0) is 34.4. The lowest BCUT2D eigenvalue weighted by atomic mass is 9.81. The number of primary amides is 1. The van der Waals surface area contributed by atoms with Gasteiger partial charge in [-0.3, -0.25) is 14.3 Å². The molecule has 2 aromatic carbocycles. The molecule has 0 saturated heterocycles. The van der Waals surface area contributed by atoms with Gasteiger partial charge in [-0.25, -0.2) is 9.37 Å². The van der Waals surface area contributed by atoms with E-state index in [2.05, 4.69) is 15.4 Å². The monoisotopic (exact) mass is 687 g/mol. The highest BCUT2D eigenvalue weighted by molar-refractivity contribution is 6.23. The van der Waals surface area contributed by atoms with E-state index in [1.165, 1.54) is 26.2 Å². The number of ether oxygens (including phenoxy) is 2. The number of nitrogens with one attached hydrogen (secondary N) is 1. The number of hydrogen-bond acceptors (Lipinski definition) is 7. The molecule has 1 aliphatic heterocycles. The van der Waals surface area contributed by atoms with E-state index in [-0.39, 0.29) is 52.9 Å². The minimum Gasteiger partial charge on any atom is -0.494 e. The van der Waals surface area contributed by atoms with Crippen molar-refractivity contribution in [1.29, 1.82) is 0 Å². The smallest absolute Gasteiger partial charge is 0.419 e. The molecule has 0 spiro atoms. The molecule has 1 unspecified atom stereocenters. The molecule has 2 amide bonds. The lowest BCUT2D eigenvalue weighted by Gasteiger charge is -2.30. The maximum atomic E-state index is 14.2. The molecule has 2 aromatic heterocycles. The molecule has 252 valence electrons. The predicted molar refractivity (Wildman–Crippen MR) is 165 cm³/mol. The lowest BCUT2D eigenvalue weighted by Crippen LogP contribution is -2.44. The van der Waals surface area contributed by atoms with Crippen LogP contribution in [-0.4, -0.2) is 51.9 Å². The Balaban J connectivity index is 1.27. The molecule has 4 aromatic rings. The molecular weight excluding hydrogens is 658 g/mol. The number of hydrogen-bond donors (Lipinski definition) is 3. The Morgan fingerprint density at radius 2 is 1.94 bits per heavy atom. The first-order valence-corrected chi connectivity index (χ1v) is 15.6.